The molecule has 1 aliphatic rings. The average Bonchev–Trinajstić information content (AvgIpc) is 3.07. The van der Waals surface area contributed by atoms with Gasteiger partial charge in [0.2, 0.25) is 0 Å². The van der Waals surface area contributed by atoms with Crippen molar-refractivity contribution in [3.05, 3.63) is 89.7 Å². The summed E-state index contributed by atoms with van der Waals surface area (Å²) in [6.07, 6.45) is 2.47. The molecule has 0 amide bonds. The first-order valence-corrected chi connectivity index (χ1v) is 16.5. The summed E-state index contributed by atoms with van der Waals surface area (Å²) in [5.74, 6) is -6.46. The van der Waals surface area contributed by atoms with E-state index in [-0.39, 0.29) is 78.0 Å². The van der Waals surface area contributed by atoms with Gasteiger partial charge in [-0.25, -0.2) is 14.4 Å². The molecule has 1 unspecified atom stereocenters. The summed E-state index contributed by atoms with van der Waals surface area (Å²) in [6.45, 7) is 12.3. The van der Waals surface area contributed by atoms with E-state index in [9.17, 15) is 39.3 Å². The van der Waals surface area contributed by atoms with Crippen molar-refractivity contribution >= 4 is 45.6 Å². The van der Waals surface area contributed by atoms with Crippen LogP contribution in [0.4, 0.5) is 0 Å². The maximum Gasteiger partial charge on any atom is 0.347 e. The number of methoxy groups -OCH3 is 2. The Bertz CT molecular complexity index is 2130. The number of phenols is 2. The van der Waals surface area contributed by atoms with Gasteiger partial charge in [-0.2, -0.15) is 0 Å². The van der Waals surface area contributed by atoms with E-state index in [0.717, 1.165) is 0 Å². The molecule has 3 aromatic carbocycles. The second-order valence-corrected chi connectivity index (χ2v) is 13.0. The number of aromatic carboxylic acids is 1. The smallest absolute Gasteiger partial charge is 0.347 e. The van der Waals surface area contributed by atoms with Crippen LogP contribution >= 0.6 is 15.9 Å². The molecular weight excluding hydrogens is 744 g/mol. The first-order chi connectivity index (χ1) is 24.3. The number of rotatable bonds is 9. The van der Waals surface area contributed by atoms with E-state index in [1.807, 2.05) is 0 Å². The lowest BCUT2D eigenvalue weighted by molar-refractivity contribution is -0.137. The average molecular weight is 782 g/mol. The summed E-state index contributed by atoms with van der Waals surface area (Å²) in [7, 11) is 2.62. The van der Waals surface area contributed by atoms with Gasteiger partial charge in [-0.3, -0.25) is 9.59 Å². The second kappa shape index (κ2) is 14.9. The van der Waals surface area contributed by atoms with Crippen LogP contribution in [0.5, 0.6) is 34.5 Å². The zero-order valence-corrected chi connectivity index (χ0v) is 31.7. The summed E-state index contributed by atoms with van der Waals surface area (Å²) in [5, 5.41) is 32.0. The molecule has 1 aliphatic carbocycles. The Morgan fingerprint density at radius 2 is 1.23 bits per heavy atom. The van der Waals surface area contributed by atoms with E-state index < -0.39 is 41.3 Å². The lowest BCUT2D eigenvalue weighted by atomic mass is 9.92. The van der Waals surface area contributed by atoms with Gasteiger partial charge >= 0.3 is 23.9 Å². The molecule has 4 rings (SSSR count). The number of carbonyl (C=O) groups excluding carboxylic acids is 4. The number of ether oxygens (including phenoxy) is 5. The molecule has 1 atom stereocenters. The summed E-state index contributed by atoms with van der Waals surface area (Å²) < 4.78 is 27.4. The van der Waals surface area contributed by atoms with Gasteiger partial charge in [0.25, 0.3) is 0 Å². The van der Waals surface area contributed by atoms with Crippen molar-refractivity contribution in [1.82, 2.24) is 0 Å². The Morgan fingerprint density at radius 1 is 0.654 bits per heavy atom. The maximum absolute atomic E-state index is 13.6. The SMILES string of the molecule is COC1=CC(=O)C=C(C)C1C(=O)Oc1c(C)c(C)c(C(=O)Oc2cc(C)c(C(=O)Oc3c(C)c(C)c(C(=O)O)c(OC)c3C)c(O)c2C)c(O)c1Br. The Morgan fingerprint density at radius 3 is 1.81 bits per heavy atom. The van der Waals surface area contributed by atoms with Gasteiger partial charge in [-0.1, -0.05) is 0 Å². The molecule has 0 spiro atoms. The number of hydrogen-bond acceptors (Lipinski definition) is 12. The minimum Gasteiger partial charge on any atom is -0.507 e. The number of phenolic OH excluding ortho intramolecular Hbond substituents is 2. The Kier molecular flexibility index (Phi) is 11.2. The van der Waals surface area contributed by atoms with Gasteiger partial charge in [-0.05, 0) is 117 Å². The number of halogens is 1. The molecule has 0 saturated heterocycles. The van der Waals surface area contributed by atoms with E-state index in [1.54, 1.807) is 34.6 Å². The van der Waals surface area contributed by atoms with Crippen LogP contribution in [0.3, 0.4) is 0 Å². The zero-order chi connectivity index (χ0) is 39.1. The highest BCUT2D eigenvalue weighted by Crippen LogP contribution is 2.44. The highest BCUT2D eigenvalue weighted by Gasteiger charge is 2.34. The largest absolute Gasteiger partial charge is 0.507 e. The van der Waals surface area contributed by atoms with Crippen molar-refractivity contribution in [2.75, 3.05) is 14.2 Å². The Hall–Kier alpha value is -5.63. The second-order valence-electron chi connectivity index (χ2n) is 12.2. The van der Waals surface area contributed by atoms with Crippen LogP contribution in [0.15, 0.2) is 34.0 Å². The molecule has 13 nitrogen and oxygen atoms in total. The van der Waals surface area contributed by atoms with E-state index in [1.165, 1.54) is 53.2 Å². The molecule has 0 bridgehead atoms. The van der Waals surface area contributed by atoms with Crippen molar-refractivity contribution in [2.24, 2.45) is 5.92 Å². The first-order valence-electron chi connectivity index (χ1n) is 15.7. The van der Waals surface area contributed by atoms with Crippen molar-refractivity contribution in [1.29, 1.82) is 0 Å². The minimum absolute atomic E-state index is 0.00389. The summed E-state index contributed by atoms with van der Waals surface area (Å²) in [6, 6.07) is 1.35. The molecule has 274 valence electrons. The highest BCUT2D eigenvalue weighted by molar-refractivity contribution is 9.10. The number of esters is 3. The van der Waals surface area contributed by atoms with Crippen LogP contribution < -0.4 is 18.9 Å². The molecule has 52 heavy (non-hydrogen) atoms. The number of ketones is 1. The number of hydrogen-bond donors (Lipinski definition) is 3. The molecule has 3 N–H and O–H groups in total. The predicted octanol–water partition coefficient (Wildman–Crippen LogP) is 6.75. The fourth-order valence-corrected chi connectivity index (χ4v) is 6.59. The predicted molar refractivity (Wildman–Crippen MR) is 190 cm³/mol. The maximum atomic E-state index is 13.6. The van der Waals surface area contributed by atoms with Crippen molar-refractivity contribution in [3.8, 4) is 34.5 Å². The third-order valence-electron chi connectivity index (χ3n) is 9.10. The quantitative estimate of drug-likeness (QED) is 0.153. The minimum atomic E-state index is -1.21. The molecule has 0 heterocycles. The number of aryl methyl sites for hydroxylation is 1. The fourth-order valence-electron chi connectivity index (χ4n) is 6.02. The lowest BCUT2D eigenvalue weighted by Gasteiger charge is -2.23. The van der Waals surface area contributed by atoms with E-state index >= 15 is 0 Å². The number of benzene rings is 3. The molecule has 0 saturated carbocycles. The number of aromatic hydroxyl groups is 2. The van der Waals surface area contributed by atoms with Crippen LogP contribution in [0.1, 0.15) is 76.9 Å². The molecule has 14 heteroatoms. The van der Waals surface area contributed by atoms with Gasteiger partial charge in [0.05, 0.1) is 14.2 Å². The van der Waals surface area contributed by atoms with Crippen molar-refractivity contribution in [2.45, 2.75) is 55.4 Å². The first kappa shape index (κ1) is 39.2. The molecule has 0 aromatic heterocycles. The van der Waals surface area contributed by atoms with Crippen LogP contribution in [-0.2, 0) is 14.3 Å². The lowest BCUT2D eigenvalue weighted by Crippen LogP contribution is -2.28. The normalized spacial score (nSPS) is 13.9. The molecule has 0 aliphatic heterocycles. The summed E-state index contributed by atoms with van der Waals surface area (Å²) in [4.78, 5) is 64.1. The van der Waals surface area contributed by atoms with Crippen molar-refractivity contribution in [3.63, 3.8) is 0 Å². The van der Waals surface area contributed by atoms with Gasteiger partial charge in [0.1, 0.15) is 61.6 Å². The van der Waals surface area contributed by atoms with E-state index in [4.69, 9.17) is 23.7 Å². The third-order valence-corrected chi connectivity index (χ3v) is 9.84. The van der Waals surface area contributed by atoms with Gasteiger partial charge < -0.3 is 39.0 Å². The van der Waals surface area contributed by atoms with Crippen LogP contribution in [0.2, 0.25) is 0 Å². The van der Waals surface area contributed by atoms with Crippen LogP contribution in [0, 0.1) is 54.4 Å². The standard InChI is InChI=1S/C38H37BrO13/c1-14-11-22(40)13-24(48-9)25(14)36(45)52-34-19(6)16(3)27(31(42)29(34)39)38(47)50-23-12-15(2)26(30(41)20(23)7)37(46)51-32-18(5)17(4)28(35(43)44)33(49-10)21(32)8/h11-13,25,41-42H,1-10H3,(H,43,44). The molecular formula is C38H37BrO13. The Labute approximate surface area is 307 Å². The van der Waals surface area contributed by atoms with Crippen molar-refractivity contribution < 1.29 is 63.0 Å². The van der Waals surface area contributed by atoms with E-state index in [2.05, 4.69) is 15.9 Å². The number of carboxylic acid groups (broad SMARTS) is 1. The zero-order valence-electron chi connectivity index (χ0n) is 30.1. The third kappa shape index (κ3) is 6.85. The molecule has 0 radical (unpaired) electrons. The van der Waals surface area contributed by atoms with E-state index in [0.29, 0.717) is 22.3 Å². The topological polar surface area (TPSA) is 192 Å². The van der Waals surface area contributed by atoms with Crippen LogP contribution in [-0.4, -0.2) is 59.2 Å². The highest BCUT2D eigenvalue weighted by atomic mass is 79.9. The summed E-state index contributed by atoms with van der Waals surface area (Å²) in [5.41, 5.74) is 1.52. The van der Waals surface area contributed by atoms with Crippen LogP contribution in [0.25, 0.3) is 0 Å². The van der Waals surface area contributed by atoms with Gasteiger partial charge in [-0.15, -0.1) is 0 Å². The monoisotopic (exact) mass is 780 g/mol. The Balaban J connectivity index is 1.65. The van der Waals surface area contributed by atoms with Gasteiger partial charge in [0, 0.05) is 17.2 Å². The van der Waals surface area contributed by atoms with Gasteiger partial charge in [0.15, 0.2) is 11.5 Å². The number of allylic oxidation sites excluding steroid dienone is 2. The summed E-state index contributed by atoms with van der Waals surface area (Å²) >= 11 is 3.23. The molecule has 0 fully saturated rings. The molecule has 3 aromatic rings. The number of carboxylic acids is 1. The number of carbonyl (C=O) groups is 5. The fraction of sp³-hybridized carbons (Fsp3) is 0.289.